The second-order valence-corrected chi connectivity index (χ2v) is 6.74. The highest BCUT2D eigenvalue weighted by Gasteiger charge is 2.02. The van der Waals surface area contributed by atoms with Crippen LogP contribution in [-0.2, 0) is 6.54 Å². The van der Waals surface area contributed by atoms with Crippen molar-refractivity contribution in [2.24, 2.45) is 0 Å². The van der Waals surface area contributed by atoms with Gasteiger partial charge in [0.25, 0.3) is 0 Å². The van der Waals surface area contributed by atoms with E-state index >= 15 is 0 Å². The molecule has 4 heteroatoms. The lowest BCUT2D eigenvalue weighted by Crippen LogP contribution is -2.21. The van der Waals surface area contributed by atoms with Crippen LogP contribution in [0.2, 0.25) is 0 Å². The first kappa shape index (κ1) is 15.2. The van der Waals surface area contributed by atoms with E-state index in [1.54, 1.807) is 11.3 Å². The second kappa shape index (κ2) is 9.09. The van der Waals surface area contributed by atoms with E-state index in [1.807, 2.05) is 0 Å². The van der Waals surface area contributed by atoms with Crippen LogP contribution in [-0.4, -0.2) is 31.6 Å². The van der Waals surface area contributed by atoms with Crippen molar-refractivity contribution in [1.82, 2.24) is 10.2 Å². The van der Waals surface area contributed by atoms with Gasteiger partial charge in [0.15, 0.2) is 0 Å². The predicted molar refractivity (Wildman–Crippen MR) is 80.7 cm³/mol. The topological polar surface area (TPSA) is 15.3 Å². The molecule has 0 spiro atoms. The molecule has 0 unspecified atom stereocenters. The number of hydrogen-bond acceptors (Lipinski definition) is 3. The van der Waals surface area contributed by atoms with Gasteiger partial charge in [-0.3, -0.25) is 0 Å². The van der Waals surface area contributed by atoms with Crippen molar-refractivity contribution in [1.29, 1.82) is 0 Å². The van der Waals surface area contributed by atoms with Crippen molar-refractivity contribution < 1.29 is 0 Å². The third-order valence-electron chi connectivity index (χ3n) is 2.64. The summed E-state index contributed by atoms with van der Waals surface area (Å²) in [5.74, 6) is 0. The average Bonchev–Trinajstić information content (AvgIpc) is 2.69. The molecule has 1 aromatic heterocycles. The largest absolute Gasteiger partial charge is 0.317 e. The van der Waals surface area contributed by atoms with Crippen LogP contribution in [0.15, 0.2) is 15.2 Å². The fourth-order valence-corrected chi connectivity index (χ4v) is 2.95. The number of hydrogen-bond donors (Lipinski definition) is 1. The van der Waals surface area contributed by atoms with Crippen molar-refractivity contribution in [2.45, 2.75) is 32.7 Å². The Hall–Kier alpha value is 0.100. The zero-order valence-corrected chi connectivity index (χ0v) is 13.2. The molecule has 0 aliphatic rings. The molecule has 0 atom stereocenters. The molecule has 0 saturated heterocycles. The molecule has 98 valence electrons. The summed E-state index contributed by atoms with van der Waals surface area (Å²) < 4.78 is 1.23. The fourth-order valence-electron chi connectivity index (χ4n) is 1.75. The molecule has 0 aromatic carbocycles. The minimum Gasteiger partial charge on any atom is -0.317 e. The minimum absolute atomic E-state index is 1.06. The molecule has 0 aliphatic carbocycles. The molecule has 0 fully saturated rings. The Morgan fingerprint density at radius 2 is 2.18 bits per heavy atom. The second-order valence-electron chi connectivity index (χ2n) is 4.45. The monoisotopic (exact) mass is 318 g/mol. The Bertz CT molecular complexity index is 301. The summed E-state index contributed by atoms with van der Waals surface area (Å²) in [7, 11) is 2.20. The Morgan fingerprint density at radius 3 is 2.82 bits per heavy atom. The molecule has 0 bridgehead atoms. The number of nitrogens with one attached hydrogen (secondary N) is 1. The maximum Gasteiger partial charge on any atom is 0.0701 e. The summed E-state index contributed by atoms with van der Waals surface area (Å²) in [5.41, 5.74) is 1.41. The molecule has 0 radical (unpaired) electrons. The molecule has 1 N–H and O–H groups in total. The van der Waals surface area contributed by atoms with Gasteiger partial charge in [-0.1, -0.05) is 6.92 Å². The highest BCUT2D eigenvalue weighted by molar-refractivity contribution is 9.11. The SMILES string of the molecule is CCCNCCCCN(C)Cc1csc(Br)c1. The maximum atomic E-state index is 3.50. The van der Waals surface area contributed by atoms with Crippen molar-refractivity contribution in [3.8, 4) is 0 Å². The first-order chi connectivity index (χ1) is 8.22. The number of nitrogens with zero attached hydrogens (tertiary/aromatic N) is 1. The molecule has 1 rings (SSSR count). The molecule has 0 aliphatic heterocycles. The van der Waals surface area contributed by atoms with Crippen LogP contribution < -0.4 is 5.32 Å². The molecular formula is C13H23BrN2S. The summed E-state index contributed by atoms with van der Waals surface area (Å²) in [4.78, 5) is 2.40. The van der Waals surface area contributed by atoms with Crippen molar-refractivity contribution in [2.75, 3.05) is 26.7 Å². The maximum absolute atomic E-state index is 3.50. The lowest BCUT2D eigenvalue weighted by molar-refractivity contribution is 0.318. The Labute approximate surface area is 118 Å². The Morgan fingerprint density at radius 1 is 1.35 bits per heavy atom. The fraction of sp³-hybridized carbons (Fsp3) is 0.692. The molecule has 2 nitrogen and oxygen atoms in total. The van der Waals surface area contributed by atoms with Gasteiger partial charge < -0.3 is 10.2 Å². The van der Waals surface area contributed by atoms with Crippen LogP contribution >= 0.6 is 27.3 Å². The van der Waals surface area contributed by atoms with Gasteiger partial charge >= 0.3 is 0 Å². The highest BCUT2D eigenvalue weighted by atomic mass is 79.9. The average molecular weight is 319 g/mol. The van der Waals surface area contributed by atoms with E-state index in [2.05, 4.69) is 51.6 Å². The van der Waals surface area contributed by atoms with Crippen LogP contribution in [0.5, 0.6) is 0 Å². The molecule has 0 amide bonds. The van der Waals surface area contributed by atoms with E-state index in [1.165, 1.54) is 35.2 Å². The summed E-state index contributed by atoms with van der Waals surface area (Å²) >= 11 is 5.27. The van der Waals surface area contributed by atoms with Crippen LogP contribution in [0.25, 0.3) is 0 Å². The third-order valence-corrected chi connectivity index (χ3v) is 4.20. The van der Waals surface area contributed by atoms with Gasteiger partial charge in [-0.2, -0.15) is 0 Å². The van der Waals surface area contributed by atoms with E-state index in [-0.39, 0.29) is 0 Å². The van der Waals surface area contributed by atoms with E-state index in [0.29, 0.717) is 0 Å². The number of rotatable bonds is 9. The smallest absolute Gasteiger partial charge is 0.0701 e. The van der Waals surface area contributed by atoms with Crippen LogP contribution in [0, 0.1) is 0 Å². The third kappa shape index (κ3) is 7.19. The van der Waals surface area contributed by atoms with E-state index < -0.39 is 0 Å². The predicted octanol–water partition coefficient (Wildman–Crippen LogP) is 3.72. The summed E-state index contributed by atoms with van der Waals surface area (Å²) in [6, 6.07) is 2.21. The molecule has 0 saturated carbocycles. The van der Waals surface area contributed by atoms with Gasteiger partial charge in [-0.05, 0) is 78.9 Å². The molecule has 1 heterocycles. The zero-order valence-electron chi connectivity index (χ0n) is 10.8. The summed E-state index contributed by atoms with van der Waals surface area (Å²) in [6.45, 7) is 6.76. The zero-order chi connectivity index (χ0) is 12.5. The van der Waals surface area contributed by atoms with Gasteiger partial charge in [-0.15, -0.1) is 11.3 Å². The van der Waals surface area contributed by atoms with E-state index in [9.17, 15) is 0 Å². The number of thiophene rings is 1. The minimum atomic E-state index is 1.06. The van der Waals surface area contributed by atoms with Gasteiger partial charge in [0.05, 0.1) is 3.79 Å². The molecule has 1 aromatic rings. The lowest BCUT2D eigenvalue weighted by atomic mass is 10.2. The van der Waals surface area contributed by atoms with Gasteiger partial charge in [0.2, 0.25) is 0 Å². The van der Waals surface area contributed by atoms with Gasteiger partial charge in [-0.25, -0.2) is 0 Å². The van der Waals surface area contributed by atoms with Crippen LogP contribution in [0.3, 0.4) is 0 Å². The van der Waals surface area contributed by atoms with Crippen molar-refractivity contribution in [3.05, 3.63) is 20.8 Å². The summed E-state index contributed by atoms with van der Waals surface area (Å²) in [5, 5.41) is 5.66. The first-order valence-electron chi connectivity index (χ1n) is 6.34. The van der Waals surface area contributed by atoms with E-state index in [4.69, 9.17) is 0 Å². The first-order valence-corrected chi connectivity index (χ1v) is 8.01. The molecular weight excluding hydrogens is 296 g/mol. The van der Waals surface area contributed by atoms with Crippen molar-refractivity contribution in [3.63, 3.8) is 0 Å². The lowest BCUT2D eigenvalue weighted by Gasteiger charge is -2.15. The van der Waals surface area contributed by atoms with Gasteiger partial charge in [0, 0.05) is 6.54 Å². The van der Waals surface area contributed by atoms with Crippen molar-refractivity contribution >= 4 is 27.3 Å². The van der Waals surface area contributed by atoms with Crippen LogP contribution in [0.4, 0.5) is 0 Å². The quantitative estimate of drug-likeness (QED) is 0.698. The summed E-state index contributed by atoms with van der Waals surface area (Å²) in [6.07, 6.45) is 3.78. The standard InChI is InChI=1S/C13H23BrN2S/c1-3-6-15-7-4-5-8-16(2)10-12-9-13(14)17-11-12/h9,11,15H,3-8,10H2,1-2H3. The number of unbranched alkanes of at least 4 members (excludes halogenated alkanes) is 1. The van der Waals surface area contributed by atoms with Crippen LogP contribution in [0.1, 0.15) is 31.7 Å². The Kier molecular flexibility index (Phi) is 8.10. The molecule has 17 heavy (non-hydrogen) atoms. The highest BCUT2D eigenvalue weighted by Crippen LogP contribution is 2.21. The van der Waals surface area contributed by atoms with Gasteiger partial charge in [0.1, 0.15) is 0 Å². The Balaban J connectivity index is 2.03. The number of halogens is 1. The van der Waals surface area contributed by atoms with E-state index in [0.717, 1.165) is 19.6 Å². The normalized spacial score (nSPS) is 11.3.